The number of aliphatic hydroxyl groups is 1. The summed E-state index contributed by atoms with van der Waals surface area (Å²) in [6, 6.07) is 0. The molecule has 0 aromatic heterocycles. The molecule has 2 saturated carbocycles. The molecule has 2 aliphatic carbocycles. The second kappa shape index (κ2) is 10.6. The SMILES string of the molecule is CC(O)CC[C]1[CH][CH][CH][CH]1.[CH]1[CH][CH][CH][CH]1.[Fe+2]. The van der Waals surface area contributed by atoms with Gasteiger partial charge in [0.2, 0.25) is 0 Å². The summed E-state index contributed by atoms with van der Waals surface area (Å²) in [5, 5.41) is 8.95. The monoisotopic (exact) mass is 258 g/mol. The Kier molecular flexibility index (Phi) is 10.9. The molecule has 0 aliphatic heterocycles. The summed E-state index contributed by atoms with van der Waals surface area (Å²) in [5.41, 5.74) is 0. The summed E-state index contributed by atoms with van der Waals surface area (Å²) in [6.07, 6.45) is 19.9. The van der Waals surface area contributed by atoms with Gasteiger partial charge in [-0.3, -0.25) is 0 Å². The van der Waals surface area contributed by atoms with Gasteiger partial charge in [0.25, 0.3) is 0 Å². The Hall–Kier alpha value is 0.479. The van der Waals surface area contributed by atoms with E-state index in [1.54, 1.807) is 0 Å². The van der Waals surface area contributed by atoms with Crippen LogP contribution in [0, 0.1) is 63.7 Å². The van der Waals surface area contributed by atoms with Gasteiger partial charge < -0.3 is 5.11 Å². The molecule has 0 amide bonds. The van der Waals surface area contributed by atoms with Crippen LogP contribution in [0.4, 0.5) is 0 Å². The quantitative estimate of drug-likeness (QED) is 0.771. The molecule has 2 heteroatoms. The van der Waals surface area contributed by atoms with Crippen molar-refractivity contribution < 1.29 is 22.2 Å². The summed E-state index contributed by atoms with van der Waals surface area (Å²) in [4.78, 5) is 0. The molecular formula is C14H18FeO+2. The summed E-state index contributed by atoms with van der Waals surface area (Å²) < 4.78 is 0. The molecule has 1 nitrogen and oxygen atoms in total. The average molecular weight is 258 g/mol. The average Bonchev–Trinajstić information content (AvgIpc) is 2.91. The maximum atomic E-state index is 8.95. The largest absolute Gasteiger partial charge is 2.00 e. The van der Waals surface area contributed by atoms with Crippen molar-refractivity contribution in [3.8, 4) is 0 Å². The molecule has 1 unspecified atom stereocenters. The molecule has 0 heterocycles. The van der Waals surface area contributed by atoms with Crippen molar-refractivity contribution in [3.05, 3.63) is 63.7 Å². The minimum absolute atomic E-state index is 0. The molecule has 1 atom stereocenters. The van der Waals surface area contributed by atoms with E-state index in [-0.39, 0.29) is 23.2 Å². The van der Waals surface area contributed by atoms with E-state index in [0.29, 0.717) is 0 Å². The van der Waals surface area contributed by atoms with Crippen molar-refractivity contribution >= 4 is 0 Å². The van der Waals surface area contributed by atoms with Crippen LogP contribution in [0.25, 0.3) is 0 Å². The number of rotatable bonds is 3. The first kappa shape index (κ1) is 16.5. The predicted molar refractivity (Wildman–Crippen MR) is 62.9 cm³/mol. The van der Waals surface area contributed by atoms with Crippen molar-refractivity contribution in [1.82, 2.24) is 0 Å². The van der Waals surface area contributed by atoms with E-state index in [1.807, 2.05) is 51.9 Å². The number of aliphatic hydroxyl groups excluding tert-OH is 1. The fraction of sp³-hybridized carbons (Fsp3) is 0.286. The van der Waals surface area contributed by atoms with Crippen LogP contribution in [0.1, 0.15) is 19.8 Å². The van der Waals surface area contributed by atoms with E-state index in [0.717, 1.165) is 12.8 Å². The first-order valence-electron chi connectivity index (χ1n) is 5.34. The molecule has 2 rings (SSSR count). The van der Waals surface area contributed by atoms with E-state index in [2.05, 4.69) is 12.8 Å². The van der Waals surface area contributed by atoms with Gasteiger partial charge >= 0.3 is 17.1 Å². The summed E-state index contributed by atoms with van der Waals surface area (Å²) in [6.45, 7) is 1.82. The van der Waals surface area contributed by atoms with Gasteiger partial charge in [0.15, 0.2) is 0 Å². The van der Waals surface area contributed by atoms with E-state index < -0.39 is 0 Å². The van der Waals surface area contributed by atoms with Gasteiger partial charge in [0.05, 0.1) is 6.10 Å². The molecule has 2 fully saturated rings. The molecule has 0 saturated heterocycles. The van der Waals surface area contributed by atoms with Crippen LogP contribution < -0.4 is 0 Å². The topological polar surface area (TPSA) is 20.2 Å². The number of hydrogen-bond acceptors (Lipinski definition) is 1. The Morgan fingerprint density at radius 1 is 0.938 bits per heavy atom. The van der Waals surface area contributed by atoms with Crippen LogP contribution in [0.5, 0.6) is 0 Å². The molecule has 0 aromatic carbocycles. The van der Waals surface area contributed by atoms with Crippen LogP contribution in [-0.4, -0.2) is 11.2 Å². The van der Waals surface area contributed by atoms with Crippen LogP contribution in [-0.2, 0) is 17.1 Å². The Labute approximate surface area is 112 Å². The van der Waals surface area contributed by atoms with Crippen molar-refractivity contribution in [2.75, 3.05) is 0 Å². The molecule has 1 N–H and O–H groups in total. The molecule has 10 radical (unpaired) electrons. The smallest absolute Gasteiger partial charge is 0.393 e. The van der Waals surface area contributed by atoms with Gasteiger partial charge in [-0.2, -0.15) is 0 Å². The summed E-state index contributed by atoms with van der Waals surface area (Å²) in [7, 11) is 0. The molecule has 16 heavy (non-hydrogen) atoms. The fourth-order valence-electron chi connectivity index (χ4n) is 1.28. The maximum Gasteiger partial charge on any atom is 2.00 e. The minimum Gasteiger partial charge on any atom is -0.393 e. The Balaban J connectivity index is 0.000000318. The molecule has 86 valence electrons. The third-order valence-corrected chi connectivity index (χ3v) is 2.14. The normalized spacial score (nSPS) is 22.1. The van der Waals surface area contributed by atoms with Crippen LogP contribution in [0.3, 0.4) is 0 Å². The second-order valence-corrected chi connectivity index (χ2v) is 3.64. The van der Waals surface area contributed by atoms with E-state index in [1.165, 1.54) is 5.92 Å². The first-order chi connectivity index (χ1) is 7.29. The molecule has 0 spiro atoms. The van der Waals surface area contributed by atoms with Crippen molar-refractivity contribution in [1.29, 1.82) is 0 Å². The van der Waals surface area contributed by atoms with Gasteiger partial charge in [-0.05, 0) is 83.5 Å². The van der Waals surface area contributed by atoms with Crippen molar-refractivity contribution in [2.45, 2.75) is 25.9 Å². The first-order valence-corrected chi connectivity index (χ1v) is 5.34. The van der Waals surface area contributed by atoms with Gasteiger partial charge in [0.1, 0.15) is 0 Å². The zero-order valence-corrected chi connectivity index (χ0v) is 10.6. The van der Waals surface area contributed by atoms with E-state index >= 15 is 0 Å². The molecular weight excluding hydrogens is 240 g/mol. The van der Waals surface area contributed by atoms with Crippen LogP contribution >= 0.6 is 0 Å². The van der Waals surface area contributed by atoms with Gasteiger partial charge in [-0.15, -0.1) is 0 Å². The van der Waals surface area contributed by atoms with E-state index in [9.17, 15) is 0 Å². The maximum absolute atomic E-state index is 8.95. The predicted octanol–water partition coefficient (Wildman–Crippen LogP) is 2.57. The van der Waals surface area contributed by atoms with Gasteiger partial charge in [-0.25, -0.2) is 0 Å². The zero-order valence-electron chi connectivity index (χ0n) is 9.49. The summed E-state index contributed by atoms with van der Waals surface area (Å²) >= 11 is 0. The van der Waals surface area contributed by atoms with E-state index in [4.69, 9.17) is 5.11 Å². The van der Waals surface area contributed by atoms with Crippen LogP contribution in [0.2, 0.25) is 0 Å². The number of hydrogen-bond donors (Lipinski definition) is 1. The molecule has 2 aliphatic rings. The zero-order chi connectivity index (χ0) is 10.9. The standard InChI is InChI=1S/C9H13O.C5H5.Fe/c1-8(10)6-7-9-4-2-3-5-9;1-2-4-5-3-1;/h2-5,8,10H,6-7H2,1H3;1-5H;/q;;+2. The van der Waals surface area contributed by atoms with Crippen molar-refractivity contribution in [2.24, 2.45) is 0 Å². The fourth-order valence-corrected chi connectivity index (χ4v) is 1.28. The van der Waals surface area contributed by atoms with Gasteiger partial charge in [-0.1, -0.05) is 0 Å². The van der Waals surface area contributed by atoms with Crippen LogP contribution in [0.15, 0.2) is 0 Å². The third kappa shape index (κ3) is 8.61. The Morgan fingerprint density at radius 3 is 1.75 bits per heavy atom. The Bertz CT molecular complexity index is 130. The molecule has 0 aromatic rings. The Morgan fingerprint density at radius 2 is 1.38 bits per heavy atom. The molecule has 0 bridgehead atoms. The van der Waals surface area contributed by atoms with Gasteiger partial charge in [0, 0.05) is 0 Å². The third-order valence-electron chi connectivity index (χ3n) is 2.14. The minimum atomic E-state index is -0.171. The van der Waals surface area contributed by atoms with Crippen molar-refractivity contribution in [3.63, 3.8) is 0 Å². The second-order valence-electron chi connectivity index (χ2n) is 3.64. The summed E-state index contributed by atoms with van der Waals surface area (Å²) in [5.74, 6) is 1.32.